The van der Waals surface area contributed by atoms with Crippen LogP contribution in [-0.2, 0) is 19.3 Å². The molecule has 1 aliphatic heterocycles. The van der Waals surface area contributed by atoms with Gasteiger partial charge in [-0.25, -0.2) is 4.31 Å². The van der Waals surface area contributed by atoms with E-state index in [0.29, 0.717) is 9.88 Å². The minimum absolute atomic E-state index is 0.137. The molecule has 1 heterocycles. The third-order valence-corrected chi connectivity index (χ3v) is 3.00. The lowest BCUT2D eigenvalue weighted by Gasteiger charge is -2.23. The third-order valence-electron chi connectivity index (χ3n) is 1.70. The number of rotatable bonds is 0. The molecule has 0 aromatic heterocycles. The standard InChI is InChI=1S/C6H9NO4S/c1-4-5(2)11-12(9,10)7(3)6(4)8/h1-3H3. The number of allylic oxidation sites excluding steroid dienone is 1. The van der Waals surface area contributed by atoms with Gasteiger partial charge in [0.25, 0.3) is 5.91 Å². The highest BCUT2D eigenvalue weighted by Crippen LogP contribution is 2.20. The first-order valence-electron chi connectivity index (χ1n) is 3.26. The van der Waals surface area contributed by atoms with Gasteiger partial charge in [0.1, 0.15) is 5.76 Å². The van der Waals surface area contributed by atoms with Crippen LogP contribution in [0.1, 0.15) is 13.8 Å². The van der Waals surface area contributed by atoms with Crippen LogP contribution in [0.3, 0.4) is 0 Å². The van der Waals surface area contributed by atoms with E-state index < -0.39 is 16.2 Å². The van der Waals surface area contributed by atoms with Gasteiger partial charge in [-0.2, -0.15) is 8.42 Å². The second kappa shape index (κ2) is 2.48. The molecular weight excluding hydrogens is 182 g/mol. The van der Waals surface area contributed by atoms with Crippen molar-refractivity contribution in [1.82, 2.24) is 4.31 Å². The van der Waals surface area contributed by atoms with Crippen LogP contribution in [0.4, 0.5) is 0 Å². The largest absolute Gasteiger partial charge is 0.411 e. The normalized spacial score (nSPS) is 22.6. The van der Waals surface area contributed by atoms with Gasteiger partial charge in [-0.05, 0) is 13.8 Å². The van der Waals surface area contributed by atoms with Crippen LogP contribution in [0, 0.1) is 0 Å². The number of likely N-dealkylation sites (N-methyl/N-ethyl adjacent to an activating group) is 1. The maximum absolute atomic E-state index is 11.2. The monoisotopic (exact) mass is 191 g/mol. The molecule has 0 spiro atoms. The van der Waals surface area contributed by atoms with Crippen molar-refractivity contribution in [2.45, 2.75) is 13.8 Å². The molecule has 0 aromatic rings. The molecule has 0 N–H and O–H groups in total. The highest BCUT2D eigenvalue weighted by Gasteiger charge is 2.32. The molecule has 0 saturated heterocycles. The van der Waals surface area contributed by atoms with Crippen LogP contribution in [0.2, 0.25) is 0 Å². The van der Waals surface area contributed by atoms with Crippen LogP contribution >= 0.6 is 0 Å². The molecule has 5 nitrogen and oxygen atoms in total. The average Bonchev–Trinajstić information content (AvgIpc) is 1.97. The predicted molar refractivity (Wildman–Crippen MR) is 41.1 cm³/mol. The van der Waals surface area contributed by atoms with Gasteiger partial charge in [0.15, 0.2) is 0 Å². The second-order valence-electron chi connectivity index (χ2n) is 2.49. The van der Waals surface area contributed by atoms with Gasteiger partial charge in [0.05, 0.1) is 5.57 Å². The van der Waals surface area contributed by atoms with E-state index in [-0.39, 0.29) is 5.76 Å². The summed E-state index contributed by atoms with van der Waals surface area (Å²) in [7, 11) is -2.71. The molecule has 0 aliphatic carbocycles. The minimum atomic E-state index is -3.87. The van der Waals surface area contributed by atoms with Crippen LogP contribution < -0.4 is 0 Å². The molecule has 0 saturated carbocycles. The molecule has 0 unspecified atom stereocenters. The van der Waals surface area contributed by atoms with Crippen molar-refractivity contribution >= 4 is 16.2 Å². The van der Waals surface area contributed by atoms with E-state index in [1.165, 1.54) is 13.8 Å². The first kappa shape index (κ1) is 9.05. The smallest absolute Gasteiger partial charge is 0.371 e. The fourth-order valence-corrected chi connectivity index (χ4v) is 1.66. The predicted octanol–water partition coefficient (Wildman–Crippen LogP) is 0.0137. The Bertz CT molecular complexity index is 354. The summed E-state index contributed by atoms with van der Waals surface area (Å²) in [4.78, 5) is 11.2. The summed E-state index contributed by atoms with van der Waals surface area (Å²) in [5.74, 6) is -0.406. The Morgan fingerprint density at radius 1 is 1.33 bits per heavy atom. The summed E-state index contributed by atoms with van der Waals surface area (Å²) in [6.07, 6.45) is 0. The molecule has 0 fully saturated rings. The zero-order valence-corrected chi connectivity index (χ0v) is 7.80. The summed E-state index contributed by atoms with van der Waals surface area (Å²) < 4.78 is 27.1. The minimum Gasteiger partial charge on any atom is -0.371 e. The molecule has 12 heavy (non-hydrogen) atoms. The lowest BCUT2D eigenvalue weighted by Crippen LogP contribution is -2.38. The van der Waals surface area contributed by atoms with Gasteiger partial charge in [-0.3, -0.25) is 4.79 Å². The zero-order chi connectivity index (χ0) is 9.52. The van der Waals surface area contributed by atoms with Crippen molar-refractivity contribution in [3.63, 3.8) is 0 Å². The van der Waals surface area contributed by atoms with Gasteiger partial charge < -0.3 is 4.18 Å². The topological polar surface area (TPSA) is 63.7 Å². The Morgan fingerprint density at radius 3 is 2.33 bits per heavy atom. The molecule has 0 aromatic carbocycles. The maximum Gasteiger partial charge on any atom is 0.411 e. The first-order chi connectivity index (χ1) is 5.36. The fraction of sp³-hybridized carbons (Fsp3) is 0.500. The lowest BCUT2D eigenvalue weighted by atomic mass is 10.2. The van der Waals surface area contributed by atoms with Gasteiger partial charge >= 0.3 is 10.3 Å². The van der Waals surface area contributed by atoms with Crippen LogP contribution in [0.25, 0.3) is 0 Å². The first-order valence-corrected chi connectivity index (χ1v) is 4.63. The van der Waals surface area contributed by atoms with E-state index >= 15 is 0 Å². The maximum atomic E-state index is 11.2. The van der Waals surface area contributed by atoms with Crippen LogP contribution in [-0.4, -0.2) is 25.7 Å². The molecule has 0 bridgehead atoms. The van der Waals surface area contributed by atoms with E-state index in [1.54, 1.807) is 0 Å². The highest BCUT2D eigenvalue weighted by atomic mass is 32.2. The third kappa shape index (κ3) is 1.18. The molecular formula is C6H9NO4S. The van der Waals surface area contributed by atoms with E-state index in [4.69, 9.17) is 0 Å². The SMILES string of the molecule is CC1=C(C)C(=O)N(C)S(=O)(=O)O1. The fourth-order valence-electron chi connectivity index (χ4n) is 0.765. The van der Waals surface area contributed by atoms with Crippen LogP contribution in [0.15, 0.2) is 11.3 Å². The summed E-state index contributed by atoms with van der Waals surface area (Å²) in [6, 6.07) is 0. The van der Waals surface area contributed by atoms with E-state index in [2.05, 4.69) is 4.18 Å². The van der Waals surface area contributed by atoms with E-state index in [0.717, 1.165) is 7.05 Å². The van der Waals surface area contributed by atoms with Crippen molar-refractivity contribution in [3.8, 4) is 0 Å². The summed E-state index contributed by atoms with van der Waals surface area (Å²) in [5, 5.41) is 0. The van der Waals surface area contributed by atoms with Crippen molar-refractivity contribution in [3.05, 3.63) is 11.3 Å². The number of nitrogens with zero attached hydrogens (tertiary/aromatic N) is 1. The molecule has 0 radical (unpaired) electrons. The summed E-state index contributed by atoms with van der Waals surface area (Å²) in [6.45, 7) is 2.96. The Hall–Kier alpha value is -1.04. The van der Waals surface area contributed by atoms with Gasteiger partial charge in [0.2, 0.25) is 0 Å². The van der Waals surface area contributed by atoms with Crippen molar-refractivity contribution in [2.24, 2.45) is 0 Å². The molecule has 1 rings (SSSR count). The zero-order valence-electron chi connectivity index (χ0n) is 6.99. The summed E-state index contributed by atoms with van der Waals surface area (Å²) >= 11 is 0. The summed E-state index contributed by atoms with van der Waals surface area (Å²) in [5.41, 5.74) is 0.312. The number of hydrogen-bond donors (Lipinski definition) is 0. The quantitative estimate of drug-likeness (QED) is 0.541. The molecule has 1 amide bonds. The second-order valence-corrected chi connectivity index (χ2v) is 4.06. The molecule has 0 atom stereocenters. The van der Waals surface area contributed by atoms with Gasteiger partial charge in [-0.1, -0.05) is 0 Å². The highest BCUT2D eigenvalue weighted by molar-refractivity contribution is 7.85. The lowest BCUT2D eigenvalue weighted by molar-refractivity contribution is -0.122. The van der Waals surface area contributed by atoms with Crippen molar-refractivity contribution in [1.29, 1.82) is 0 Å². The number of carbonyl (C=O) groups is 1. The van der Waals surface area contributed by atoms with Crippen molar-refractivity contribution in [2.75, 3.05) is 7.05 Å². The van der Waals surface area contributed by atoms with Gasteiger partial charge in [-0.15, -0.1) is 0 Å². The Morgan fingerprint density at radius 2 is 1.83 bits per heavy atom. The number of carbonyl (C=O) groups excluding carboxylic acids is 1. The molecule has 6 heteroatoms. The Balaban J connectivity index is 3.26. The van der Waals surface area contributed by atoms with Crippen LogP contribution in [0.5, 0.6) is 0 Å². The van der Waals surface area contributed by atoms with Crippen molar-refractivity contribution < 1.29 is 17.4 Å². The number of hydrogen-bond acceptors (Lipinski definition) is 4. The average molecular weight is 191 g/mol. The van der Waals surface area contributed by atoms with Gasteiger partial charge in [0, 0.05) is 7.05 Å². The molecule has 1 aliphatic rings. The molecule has 68 valence electrons. The Labute approximate surface area is 70.9 Å². The van der Waals surface area contributed by atoms with E-state index in [9.17, 15) is 13.2 Å². The number of amides is 1. The Kier molecular flexibility index (Phi) is 1.87. The van der Waals surface area contributed by atoms with E-state index in [1.807, 2.05) is 0 Å².